The molecule has 1 aliphatic rings. The van der Waals surface area contributed by atoms with Crippen LogP contribution in [0.3, 0.4) is 0 Å². The number of amidine groups is 1. The van der Waals surface area contributed by atoms with Crippen molar-refractivity contribution in [3.05, 3.63) is 0 Å². The first kappa shape index (κ1) is 8.04. The number of hydrogen-bond acceptors (Lipinski definition) is 4. The van der Waals surface area contributed by atoms with Crippen LogP contribution in [0.2, 0.25) is 0 Å². The molecule has 0 saturated carbocycles. The third-order valence-corrected chi connectivity index (χ3v) is 1.78. The zero-order valence-corrected chi connectivity index (χ0v) is 6.54. The minimum absolute atomic E-state index is 0.0718. The Kier molecular flexibility index (Phi) is 2.46. The van der Waals surface area contributed by atoms with Crippen LogP contribution in [0.5, 0.6) is 0 Å². The van der Waals surface area contributed by atoms with Crippen molar-refractivity contribution < 1.29 is 9.53 Å². The first-order valence-electron chi connectivity index (χ1n) is 3.60. The average Bonchev–Trinajstić information content (AvgIpc) is 2.03. The SMILES string of the molecule is COC(=O)[C@H]1CCN=C(N)C1. The first-order valence-corrected chi connectivity index (χ1v) is 3.60. The van der Waals surface area contributed by atoms with Crippen molar-refractivity contribution in [3.63, 3.8) is 0 Å². The maximum Gasteiger partial charge on any atom is 0.309 e. The van der Waals surface area contributed by atoms with Crippen molar-refractivity contribution in [1.29, 1.82) is 0 Å². The van der Waals surface area contributed by atoms with E-state index in [0.717, 1.165) is 6.42 Å². The van der Waals surface area contributed by atoms with Gasteiger partial charge in [0, 0.05) is 13.0 Å². The average molecular weight is 156 g/mol. The highest BCUT2D eigenvalue weighted by molar-refractivity contribution is 5.86. The third-order valence-electron chi connectivity index (χ3n) is 1.78. The number of nitrogens with two attached hydrogens (primary N) is 1. The largest absolute Gasteiger partial charge is 0.469 e. The van der Waals surface area contributed by atoms with E-state index in [4.69, 9.17) is 5.73 Å². The van der Waals surface area contributed by atoms with Gasteiger partial charge in [-0.05, 0) is 6.42 Å². The Balaban J connectivity index is 2.50. The molecule has 0 aromatic carbocycles. The fourth-order valence-electron chi connectivity index (χ4n) is 1.15. The van der Waals surface area contributed by atoms with Crippen molar-refractivity contribution in [1.82, 2.24) is 0 Å². The lowest BCUT2D eigenvalue weighted by atomic mass is 9.99. The molecule has 0 spiro atoms. The molecule has 1 heterocycles. The number of nitrogens with zero attached hydrogens (tertiary/aromatic N) is 1. The predicted molar refractivity (Wildman–Crippen MR) is 41.2 cm³/mol. The Labute approximate surface area is 65.4 Å². The van der Waals surface area contributed by atoms with Gasteiger partial charge in [-0.15, -0.1) is 0 Å². The molecule has 0 amide bonds. The summed E-state index contributed by atoms with van der Waals surface area (Å²) in [5.74, 6) is 0.312. The lowest BCUT2D eigenvalue weighted by molar-refractivity contribution is -0.145. The molecule has 1 rings (SSSR count). The molecular weight excluding hydrogens is 144 g/mol. The molecule has 0 radical (unpaired) electrons. The summed E-state index contributed by atoms with van der Waals surface area (Å²) in [6.07, 6.45) is 1.31. The second-order valence-corrected chi connectivity index (χ2v) is 2.59. The number of rotatable bonds is 1. The van der Waals surface area contributed by atoms with Crippen LogP contribution in [0.15, 0.2) is 4.99 Å². The van der Waals surface area contributed by atoms with Gasteiger partial charge in [-0.3, -0.25) is 9.79 Å². The van der Waals surface area contributed by atoms with Crippen molar-refractivity contribution in [2.75, 3.05) is 13.7 Å². The molecule has 0 fully saturated rings. The van der Waals surface area contributed by atoms with Crippen LogP contribution >= 0.6 is 0 Å². The highest BCUT2D eigenvalue weighted by atomic mass is 16.5. The summed E-state index contributed by atoms with van der Waals surface area (Å²) in [6, 6.07) is 0. The molecule has 4 nitrogen and oxygen atoms in total. The zero-order chi connectivity index (χ0) is 8.27. The Morgan fingerprint density at radius 3 is 3.09 bits per heavy atom. The maximum atomic E-state index is 11.0. The summed E-state index contributed by atoms with van der Waals surface area (Å²) < 4.78 is 4.59. The molecule has 11 heavy (non-hydrogen) atoms. The molecule has 0 unspecified atom stereocenters. The highest BCUT2D eigenvalue weighted by Crippen LogP contribution is 2.14. The summed E-state index contributed by atoms with van der Waals surface area (Å²) >= 11 is 0. The summed E-state index contributed by atoms with van der Waals surface area (Å²) in [5, 5.41) is 0. The lowest BCUT2D eigenvalue weighted by Crippen LogP contribution is -2.28. The van der Waals surface area contributed by atoms with E-state index in [0.29, 0.717) is 18.8 Å². The van der Waals surface area contributed by atoms with Crippen LogP contribution in [0, 0.1) is 5.92 Å². The number of methoxy groups -OCH3 is 1. The van der Waals surface area contributed by atoms with Crippen LogP contribution < -0.4 is 5.73 Å². The molecule has 0 bridgehead atoms. The molecule has 1 aliphatic heterocycles. The van der Waals surface area contributed by atoms with Gasteiger partial charge >= 0.3 is 5.97 Å². The van der Waals surface area contributed by atoms with E-state index >= 15 is 0 Å². The minimum atomic E-state index is -0.178. The van der Waals surface area contributed by atoms with Crippen LogP contribution in [0.4, 0.5) is 0 Å². The molecule has 2 N–H and O–H groups in total. The number of carbonyl (C=O) groups excluding carboxylic acids is 1. The lowest BCUT2D eigenvalue weighted by Gasteiger charge is -2.16. The van der Waals surface area contributed by atoms with E-state index in [1.54, 1.807) is 0 Å². The van der Waals surface area contributed by atoms with Gasteiger partial charge in [0.15, 0.2) is 0 Å². The molecular formula is C7H12N2O2. The van der Waals surface area contributed by atoms with Crippen molar-refractivity contribution in [2.45, 2.75) is 12.8 Å². The van der Waals surface area contributed by atoms with Gasteiger partial charge in [-0.25, -0.2) is 0 Å². The zero-order valence-electron chi connectivity index (χ0n) is 6.54. The Hall–Kier alpha value is -1.06. The third kappa shape index (κ3) is 1.93. The van der Waals surface area contributed by atoms with Crippen LogP contribution in [0.25, 0.3) is 0 Å². The van der Waals surface area contributed by atoms with E-state index in [9.17, 15) is 4.79 Å². The van der Waals surface area contributed by atoms with Crippen molar-refractivity contribution in [2.24, 2.45) is 16.6 Å². The Morgan fingerprint density at radius 2 is 2.55 bits per heavy atom. The van der Waals surface area contributed by atoms with Gasteiger partial charge in [-0.1, -0.05) is 0 Å². The number of ether oxygens (including phenoxy) is 1. The Bertz CT molecular complexity index is 189. The van der Waals surface area contributed by atoms with Crippen molar-refractivity contribution in [3.8, 4) is 0 Å². The second kappa shape index (κ2) is 3.37. The molecule has 62 valence electrons. The number of aliphatic imine (C=N–C) groups is 1. The van der Waals surface area contributed by atoms with Crippen molar-refractivity contribution >= 4 is 11.8 Å². The predicted octanol–water partition coefficient (Wildman–Crippen LogP) is -0.0734. The second-order valence-electron chi connectivity index (χ2n) is 2.59. The quantitative estimate of drug-likeness (QED) is 0.540. The molecule has 4 heteroatoms. The molecule has 0 aromatic heterocycles. The van der Waals surface area contributed by atoms with E-state index in [-0.39, 0.29) is 11.9 Å². The van der Waals surface area contributed by atoms with Gasteiger partial charge in [-0.2, -0.15) is 0 Å². The summed E-state index contributed by atoms with van der Waals surface area (Å²) in [4.78, 5) is 15.0. The molecule has 0 aromatic rings. The first-order chi connectivity index (χ1) is 5.24. The molecule has 1 atom stereocenters. The topological polar surface area (TPSA) is 64.7 Å². The maximum absolute atomic E-state index is 11.0. The fourth-order valence-corrected chi connectivity index (χ4v) is 1.15. The van der Waals surface area contributed by atoms with Gasteiger partial charge in [0.1, 0.15) is 0 Å². The Morgan fingerprint density at radius 1 is 1.82 bits per heavy atom. The highest BCUT2D eigenvalue weighted by Gasteiger charge is 2.22. The van der Waals surface area contributed by atoms with Gasteiger partial charge < -0.3 is 10.5 Å². The van der Waals surface area contributed by atoms with Crippen LogP contribution in [0.1, 0.15) is 12.8 Å². The normalized spacial score (nSPS) is 24.1. The van der Waals surface area contributed by atoms with E-state index in [2.05, 4.69) is 9.73 Å². The van der Waals surface area contributed by atoms with Gasteiger partial charge in [0.25, 0.3) is 0 Å². The minimum Gasteiger partial charge on any atom is -0.469 e. The molecule has 0 aliphatic carbocycles. The fraction of sp³-hybridized carbons (Fsp3) is 0.714. The van der Waals surface area contributed by atoms with Gasteiger partial charge in [0.2, 0.25) is 0 Å². The van der Waals surface area contributed by atoms with Crippen LogP contribution in [-0.4, -0.2) is 25.5 Å². The number of hydrogen-bond donors (Lipinski definition) is 1. The smallest absolute Gasteiger partial charge is 0.309 e. The summed E-state index contributed by atoms with van der Waals surface area (Å²) in [5.41, 5.74) is 5.46. The van der Waals surface area contributed by atoms with Gasteiger partial charge in [0.05, 0.1) is 18.9 Å². The summed E-state index contributed by atoms with van der Waals surface area (Å²) in [6.45, 7) is 0.644. The monoisotopic (exact) mass is 156 g/mol. The summed E-state index contributed by atoms with van der Waals surface area (Å²) in [7, 11) is 1.39. The van der Waals surface area contributed by atoms with E-state index < -0.39 is 0 Å². The van der Waals surface area contributed by atoms with E-state index in [1.165, 1.54) is 7.11 Å². The van der Waals surface area contributed by atoms with E-state index in [1.807, 2.05) is 0 Å². The molecule has 0 saturated heterocycles. The number of esters is 1. The standard InChI is InChI=1S/C7H12N2O2/c1-11-7(10)5-2-3-9-6(8)4-5/h5H,2-4H2,1H3,(H2,8,9)/t5-/m0/s1. The van der Waals surface area contributed by atoms with Crippen LogP contribution in [-0.2, 0) is 9.53 Å². The number of carbonyl (C=O) groups is 1.